The number of hydrogen-bond donors (Lipinski definition) is 1. The molecule has 1 fully saturated rings. The van der Waals surface area contributed by atoms with Crippen molar-refractivity contribution in [3.05, 3.63) is 0 Å². The summed E-state index contributed by atoms with van der Waals surface area (Å²) in [6, 6.07) is 0. The summed E-state index contributed by atoms with van der Waals surface area (Å²) in [5.41, 5.74) is 5.50. The Kier molecular flexibility index (Phi) is 6.40. The molecule has 0 aromatic rings. The van der Waals surface area contributed by atoms with Gasteiger partial charge in [0.05, 0.1) is 0 Å². The smallest absolute Gasteiger partial charge is 0.282 e. The molecule has 0 aromatic carbocycles. The Hall–Kier alpha value is -0.170. The van der Waals surface area contributed by atoms with Crippen LogP contribution in [0.3, 0.4) is 0 Å². The topological polar surface area (TPSA) is 66.6 Å². The van der Waals surface area contributed by atoms with Crippen molar-refractivity contribution in [3.8, 4) is 0 Å². The zero-order valence-corrected chi connectivity index (χ0v) is 11.6. The summed E-state index contributed by atoms with van der Waals surface area (Å²) in [4.78, 5) is 0. The zero-order chi connectivity index (χ0) is 12.7. The molecule has 1 rings (SSSR count). The van der Waals surface area contributed by atoms with Crippen molar-refractivity contribution in [2.45, 2.75) is 39.0 Å². The Bertz CT molecular complexity index is 300. The fourth-order valence-corrected chi connectivity index (χ4v) is 3.82. The Labute approximate surface area is 105 Å². The lowest BCUT2D eigenvalue weighted by Crippen LogP contribution is -2.47. The number of nitrogens with two attached hydrogens (primary N) is 1. The van der Waals surface area contributed by atoms with Crippen molar-refractivity contribution in [2.24, 2.45) is 5.73 Å². The normalized spacial score (nSPS) is 18.8. The molecule has 1 heterocycles. The van der Waals surface area contributed by atoms with Crippen LogP contribution < -0.4 is 5.73 Å². The van der Waals surface area contributed by atoms with Gasteiger partial charge >= 0.3 is 0 Å². The van der Waals surface area contributed by atoms with Crippen LogP contribution >= 0.6 is 0 Å². The van der Waals surface area contributed by atoms with Crippen molar-refractivity contribution in [2.75, 3.05) is 32.7 Å². The third-order valence-corrected chi connectivity index (χ3v) is 5.14. The summed E-state index contributed by atoms with van der Waals surface area (Å²) < 4.78 is 27.9. The number of piperidine rings is 1. The zero-order valence-electron chi connectivity index (χ0n) is 10.8. The molecule has 0 aromatic heterocycles. The van der Waals surface area contributed by atoms with Crippen LogP contribution in [0.5, 0.6) is 0 Å². The van der Waals surface area contributed by atoms with Crippen LogP contribution in [0.2, 0.25) is 0 Å². The van der Waals surface area contributed by atoms with Gasteiger partial charge in [-0.25, -0.2) is 0 Å². The molecule has 1 aliphatic rings. The second kappa shape index (κ2) is 7.31. The number of rotatable bonds is 7. The van der Waals surface area contributed by atoms with Crippen molar-refractivity contribution < 1.29 is 8.42 Å². The van der Waals surface area contributed by atoms with E-state index < -0.39 is 10.2 Å². The molecule has 1 aliphatic heterocycles. The third-order valence-electron chi connectivity index (χ3n) is 3.11. The van der Waals surface area contributed by atoms with E-state index in [2.05, 4.69) is 6.92 Å². The van der Waals surface area contributed by atoms with Crippen molar-refractivity contribution in [1.29, 1.82) is 0 Å². The molecule has 0 radical (unpaired) electrons. The first-order valence-corrected chi connectivity index (χ1v) is 7.98. The molecule has 0 aliphatic carbocycles. The quantitative estimate of drug-likeness (QED) is 0.738. The lowest BCUT2D eigenvalue weighted by molar-refractivity contribution is 0.302. The molecule has 6 heteroatoms. The predicted molar refractivity (Wildman–Crippen MR) is 69.9 cm³/mol. The maximum Gasteiger partial charge on any atom is 0.282 e. The van der Waals surface area contributed by atoms with Crippen molar-refractivity contribution in [3.63, 3.8) is 0 Å². The molecule has 2 N–H and O–H groups in total. The maximum atomic E-state index is 12.4. The summed E-state index contributed by atoms with van der Waals surface area (Å²) in [6.45, 7) is 4.79. The van der Waals surface area contributed by atoms with Gasteiger partial charge in [-0.05, 0) is 19.3 Å². The van der Waals surface area contributed by atoms with Crippen LogP contribution in [0.15, 0.2) is 0 Å². The minimum absolute atomic E-state index is 0.386. The van der Waals surface area contributed by atoms with Gasteiger partial charge in [-0.15, -0.1) is 0 Å². The van der Waals surface area contributed by atoms with Gasteiger partial charge < -0.3 is 5.73 Å². The first-order chi connectivity index (χ1) is 8.12. The summed E-state index contributed by atoms with van der Waals surface area (Å²) >= 11 is 0. The lowest BCUT2D eigenvalue weighted by Gasteiger charge is -2.31. The molecule has 102 valence electrons. The molecule has 17 heavy (non-hydrogen) atoms. The van der Waals surface area contributed by atoms with E-state index in [0.717, 1.165) is 32.1 Å². The molecular formula is C11H25N3O2S. The molecule has 0 amide bonds. The second-order valence-electron chi connectivity index (χ2n) is 4.51. The lowest BCUT2D eigenvalue weighted by atomic mass is 10.2. The number of hydrogen-bond acceptors (Lipinski definition) is 3. The Balaban J connectivity index is 2.67. The number of nitrogens with zero attached hydrogens (tertiary/aromatic N) is 2. The van der Waals surface area contributed by atoms with Gasteiger partial charge in [0, 0.05) is 32.7 Å². The molecule has 1 saturated heterocycles. The maximum absolute atomic E-state index is 12.4. The fraction of sp³-hybridized carbons (Fsp3) is 1.00. The van der Waals surface area contributed by atoms with E-state index in [1.807, 2.05) is 0 Å². The monoisotopic (exact) mass is 263 g/mol. The number of unbranched alkanes of at least 4 members (excludes halogenated alkanes) is 1. The van der Waals surface area contributed by atoms with E-state index in [4.69, 9.17) is 5.73 Å². The van der Waals surface area contributed by atoms with Crippen LogP contribution in [0.4, 0.5) is 0 Å². The van der Waals surface area contributed by atoms with E-state index in [1.165, 1.54) is 0 Å². The highest BCUT2D eigenvalue weighted by Gasteiger charge is 2.29. The first kappa shape index (κ1) is 14.9. The minimum Gasteiger partial charge on any atom is -0.329 e. The van der Waals surface area contributed by atoms with E-state index in [1.54, 1.807) is 8.61 Å². The Morgan fingerprint density at radius 1 is 1.18 bits per heavy atom. The Morgan fingerprint density at radius 2 is 1.82 bits per heavy atom. The molecular weight excluding hydrogens is 238 g/mol. The van der Waals surface area contributed by atoms with Gasteiger partial charge in [0.1, 0.15) is 0 Å². The van der Waals surface area contributed by atoms with Crippen LogP contribution in [-0.4, -0.2) is 49.8 Å². The summed E-state index contributed by atoms with van der Waals surface area (Å²) in [7, 11) is -3.27. The predicted octanol–water partition coefficient (Wildman–Crippen LogP) is 0.778. The molecule has 5 nitrogen and oxygen atoms in total. The fourth-order valence-electron chi connectivity index (χ4n) is 2.08. The van der Waals surface area contributed by atoms with E-state index >= 15 is 0 Å². The molecule has 0 atom stereocenters. The van der Waals surface area contributed by atoms with Crippen LogP contribution in [0, 0.1) is 0 Å². The van der Waals surface area contributed by atoms with Gasteiger partial charge in [0.15, 0.2) is 0 Å². The van der Waals surface area contributed by atoms with Gasteiger partial charge in [-0.1, -0.05) is 19.8 Å². The summed E-state index contributed by atoms with van der Waals surface area (Å²) in [5, 5.41) is 0. The van der Waals surface area contributed by atoms with Crippen molar-refractivity contribution in [1.82, 2.24) is 8.61 Å². The average Bonchev–Trinajstić information content (AvgIpc) is 2.35. The summed E-state index contributed by atoms with van der Waals surface area (Å²) in [5.74, 6) is 0. The highest BCUT2D eigenvalue weighted by atomic mass is 32.2. The van der Waals surface area contributed by atoms with E-state index in [9.17, 15) is 8.42 Å². The highest BCUT2D eigenvalue weighted by molar-refractivity contribution is 7.86. The highest BCUT2D eigenvalue weighted by Crippen LogP contribution is 2.16. The third kappa shape index (κ3) is 4.21. The molecule has 0 saturated carbocycles. The average molecular weight is 263 g/mol. The minimum atomic E-state index is -3.27. The largest absolute Gasteiger partial charge is 0.329 e. The van der Waals surface area contributed by atoms with Crippen LogP contribution in [-0.2, 0) is 10.2 Å². The molecule has 0 spiro atoms. The summed E-state index contributed by atoms with van der Waals surface area (Å²) in [6.07, 6.45) is 4.98. The van der Waals surface area contributed by atoms with E-state index in [0.29, 0.717) is 32.7 Å². The van der Waals surface area contributed by atoms with Crippen molar-refractivity contribution >= 4 is 10.2 Å². The second-order valence-corrected chi connectivity index (χ2v) is 6.44. The van der Waals surface area contributed by atoms with Crippen LogP contribution in [0.1, 0.15) is 39.0 Å². The van der Waals surface area contributed by atoms with Crippen LogP contribution in [0.25, 0.3) is 0 Å². The van der Waals surface area contributed by atoms with Gasteiger partial charge in [-0.3, -0.25) is 0 Å². The SMILES string of the molecule is CCCCN(CCN)S(=O)(=O)N1CCCCC1. The van der Waals surface area contributed by atoms with E-state index in [-0.39, 0.29) is 0 Å². The first-order valence-electron chi connectivity index (χ1n) is 6.58. The Morgan fingerprint density at radius 3 is 2.35 bits per heavy atom. The molecule has 0 bridgehead atoms. The van der Waals surface area contributed by atoms with Gasteiger partial charge in [-0.2, -0.15) is 17.0 Å². The van der Waals surface area contributed by atoms with Gasteiger partial charge in [0.25, 0.3) is 10.2 Å². The standard InChI is InChI=1S/C11H25N3O2S/c1-2-3-8-14(11-7-12)17(15,16)13-9-5-4-6-10-13/h2-12H2,1H3. The molecule has 0 unspecified atom stereocenters. The van der Waals surface area contributed by atoms with Gasteiger partial charge in [0.2, 0.25) is 0 Å².